The van der Waals surface area contributed by atoms with Gasteiger partial charge in [-0.05, 0) is 45.9 Å². The van der Waals surface area contributed by atoms with Crippen LogP contribution in [0.5, 0.6) is 0 Å². The molecule has 1 aromatic rings. The fourth-order valence-corrected chi connectivity index (χ4v) is 4.67. The lowest BCUT2D eigenvalue weighted by Crippen LogP contribution is -2.48. The lowest BCUT2D eigenvalue weighted by atomic mass is 10.2. The van der Waals surface area contributed by atoms with Crippen LogP contribution in [0.25, 0.3) is 0 Å². The summed E-state index contributed by atoms with van der Waals surface area (Å²) in [5.41, 5.74) is 0.154. The van der Waals surface area contributed by atoms with Crippen molar-refractivity contribution in [2.24, 2.45) is 0 Å². The maximum atomic E-state index is 12.9. The molecule has 0 aromatic heterocycles. The van der Waals surface area contributed by atoms with E-state index < -0.39 is 16.0 Å². The van der Waals surface area contributed by atoms with Gasteiger partial charge in [-0.15, -0.1) is 0 Å². The van der Waals surface area contributed by atoms with Crippen LogP contribution < -0.4 is 0 Å². The maximum absolute atomic E-state index is 12.9. The molecule has 1 aromatic carbocycles. The van der Waals surface area contributed by atoms with Gasteiger partial charge in [-0.3, -0.25) is 0 Å². The van der Waals surface area contributed by atoms with E-state index in [-0.39, 0.29) is 46.9 Å². The van der Waals surface area contributed by atoms with Crippen molar-refractivity contribution >= 4 is 27.6 Å². The van der Waals surface area contributed by atoms with Crippen molar-refractivity contribution in [2.45, 2.75) is 50.9 Å². The zero-order valence-electron chi connectivity index (χ0n) is 14.2. The van der Waals surface area contributed by atoms with E-state index in [1.165, 1.54) is 22.5 Å². The van der Waals surface area contributed by atoms with Crippen LogP contribution in [0.15, 0.2) is 23.1 Å². The summed E-state index contributed by atoms with van der Waals surface area (Å²) in [7, 11) is -3.83. The monoisotopic (exact) mass is 375 g/mol. The zero-order valence-corrected chi connectivity index (χ0v) is 15.7. The Bertz CT molecular complexity index is 709. The molecule has 1 fully saturated rings. The molecule has 1 aliphatic rings. The molecular weight excluding hydrogens is 354 g/mol. The largest absolute Gasteiger partial charge is 0.459 e. The topological polar surface area (TPSA) is 72.9 Å². The second-order valence-electron chi connectivity index (χ2n) is 6.18. The molecule has 0 spiro atoms. The second-order valence-corrected chi connectivity index (χ2v) is 8.49. The molecule has 0 amide bonds. The van der Waals surface area contributed by atoms with Gasteiger partial charge in [0.05, 0.1) is 28.9 Å². The number of morpholine rings is 1. The molecule has 0 radical (unpaired) electrons. The molecule has 1 saturated heterocycles. The first-order valence-electron chi connectivity index (χ1n) is 7.77. The van der Waals surface area contributed by atoms with Crippen molar-refractivity contribution in [3.8, 4) is 0 Å². The normalized spacial score (nSPS) is 22.6. The van der Waals surface area contributed by atoms with Crippen LogP contribution in [-0.2, 0) is 19.5 Å². The Morgan fingerprint density at radius 1 is 1.29 bits per heavy atom. The SMILES string of the molecule is CC(C)OC(=O)c1ccc(Cl)c(S(=O)(=O)N2CC(C)OC(C)C2)c1. The van der Waals surface area contributed by atoms with Gasteiger partial charge in [-0.2, -0.15) is 4.31 Å². The third-order valence-electron chi connectivity index (χ3n) is 3.51. The Morgan fingerprint density at radius 2 is 1.88 bits per heavy atom. The highest BCUT2D eigenvalue weighted by atomic mass is 35.5. The molecule has 6 nitrogen and oxygen atoms in total. The van der Waals surface area contributed by atoms with E-state index in [1.54, 1.807) is 13.8 Å². The van der Waals surface area contributed by atoms with Crippen LogP contribution in [0.1, 0.15) is 38.1 Å². The summed E-state index contributed by atoms with van der Waals surface area (Å²) in [6.07, 6.45) is -0.720. The quantitative estimate of drug-likeness (QED) is 0.756. The van der Waals surface area contributed by atoms with Crippen molar-refractivity contribution in [2.75, 3.05) is 13.1 Å². The molecule has 0 N–H and O–H groups in total. The minimum Gasteiger partial charge on any atom is -0.459 e. The summed E-state index contributed by atoms with van der Waals surface area (Å²) in [4.78, 5) is 11.9. The predicted octanol–water partition coefficient (Wildman–Crippen LogP) is 2.70. The number of carbonyl (C=O) groups excluding carboxylic acids is 1. The average molecular weight is 376 g/mol. The van der Waals surface area contributed by atoms with Crippen molar-refractivity contribution < 1.29 is 22.7 Å². The number of benzene rings is 1. The molecule has 2 rings (SSSR count). The smallest absolute Gasteiger partial charge is 0.338 e. The molecule has 0 aliphatic carbocycles. The summed E-state index contributed by atoms with van der Waals surface area (Å²) < 4.78 is 37.9. The molecule has 134 valence electrons. The second kappa shape index (κ2) is 7.39. The highest BCUT2D eigenvalue weighted by molar-refractivity contribution is 7.89. The number of sulfonamides is 1. The number of ether oxygens (including phenoxy) is 2. The molecule has 1 aliphatic heterocycles. The van der Waals surface area contributed by atoms with Crippen molar-refractivity contribution in [3.63, 3.8) is 0 Å². The van der Waals surface area contributed by atoms with Crippen molar-refractivity contribution in [1.29, 1.82) is 0 Å². The van der Waals surface area contributed by atoms with Crippen LogP contribution in [0.4, 0.5) is 0 Å². The molecule has 8 heteroatoms. The van der Waals surface area contributed by atoms with Crippen LogP contribution in [0, 0.1) is 0 Å². The van der Waals surface area contributed by atoms with Crippen molar-refractivity contribution in [3.05, 3.63) is 28.8 Å². The average Bonchev–Trinajstić information content (AvgIpc) is 2.45. The molecule has 24 heavy (non-hydrogen) atoms. The zero-order chi connectivity index (χ0) is 18.1. The highest BCUT2D eigenvalue weighted by Gasteiger charge is 2.34. The minimum absolute atomic E-state index is 0.0721. The van der Waals surface area contributed by atoms with Gasteiger partial charge in [-0.25, -0.2) is 13.2 Å². The molecule has 1 heterocycles. The van der Waals surface area contributed by atoms with Crippen LogP contribution in [-0.4, -0.2) is 50.1 Å². The Morgan fingerprint density at radius 3 is 2.42 bits per heavy atom. The van der Waals surface area contributed by atoms with E-state index in [0.717, 1.165) is 0 Å². The number of rotatable bonds is 4. The van der Waals surface area contributed by atoms with E-state index in [0.29, 0.717) is 0 Å². The maximum Gasteiger partial charge on any atom is 0.338 e. The third-order valence-corrected chi connectivity index (χ3v) is 5.83. The van der Waals surface area contributed by atoms with Crippen LogP contribution in [0.3, 0.4) is 0 Å². The number of hydrogen-bond acceptors (Lipinski definition) is 5. The molecule has 0 bridgehead atoms. The lowest BCUT2D eigenvalue weighted by molar-refractivity contribution is -0.0440. The number of carbonyl (C=O) groups is 1. The number of halogens is 1. The number of esters is 1. The highest BCUT2D eigenvalue weighted by Crippen LogP contribution is 2.28. The lowest BCUT2D eigenvalue weighted by Gasteiger charge is -2.34. The summed E-state index contributed by atoms with van der Waals surface area (Å²) in [5, 5.41) is 0.0721. The van der Waals surface area contributed by atoms with Gasteiger partial charge in [0, 0.05) is 13.1 Å². The minimum atomic E-state index is -3.83. The first-order chi connectivity index (χ1) is 11.1. The van der Waals surface area contributed by atoms with Gasteiger partial charge in [0.15, 0.2) is 0 Å². The van der Waals surface area contributed by atoms with Crippen LogP contribution >= 0.6 is 11.6 Å². The Balaban J connectivity index is 2.37. The van der Waals surface area contributed by atoms with Gasteiger partial charge in [0.2, 0.25) is 10.0 Å². The Labute approximate surface area is 147 Å². The van der Waals surface area contributed by atoms with E-state index >= 15 is 0 Å². The van der Waals surface area contributed by atoms with Crippen molar-refractivity contribution in [1.82, 2.24) is 4.31 Å². The van der Waals surface area contributed by atoms with E-state index in [2.05, 4.69) is 0 Å². The standard InChI is InChI=1S/C16H22ClNO5S/c1-10(2)22-16(19)13-5-6-14(17)15(7-13)24(20,21)18-8-11(3)23-12(4)9-18/h5-7,10-12H,8-9H2,1-4H3. The van der Waals surface area contributed by atoms with Gasteiger partial charge >= 0.3 is 5.97 Å². The molecule has 0 saturated carbocycles. The summed E-state index contributed by atoms with van der Waals surface area (Å²) in [5.74, 6) is -0.582. The van der Waals surface area contributed by atoms with Gasteiger partial charge in [0.25, 0.3) is 0 Å². The van der Waals surface area contributed by atoms with E-state index in [9.17, 15) is 13.2 Å². The number of hydrogen-bond donors (Lipinski definition) is 0. The summed E-state index contributed by atoms with van der Waals surface area (Å²) >= 11 is 6.09. The van der Waals surface area contributed by atoms with Gasteiger partial charge in [0.1, 0.15) is 4.90 Å². The number of nitrogens with zero attached hydrogens (tertiary/aromatic N) is 1. The fourth-order valence-electron chi connectivity index (χ4n) is 2.58. The van der Waals surface area contributed by atoms with Crippen LogP contribution in [0.2, 0.25) is 5.02 Å². The summed E-state index contributed by atoms with van der Waals surface area (Å²) in [6.45, 7) is 7.56. The van der Waals surface area contributed by atoms with Gasteiger partial charge < -0.3 is 9.47 Å². The molecular formula is C16H22ClNO5S. The summed E-state index contributed by atoms with van der Waals surface area (Å²) in [6, 6.07) is 4.13. The molecule has 2 atom stereocenters. The van der Waals surface area contributed by atoms with E-state index in [1.807, 2.05) is 13.8 Å². The van der Waals surface area contributed by atoms with Gasteiger partial charge in [-0.1, -0.05) is 11.6 Å². The third kappa shape index (κ3) is 4.27. The Hall–Kier alpha value is -1.15. The first kappa shape index (κ1) is 19.2. The fraction of sp³-hybridized carbons (Fsp3) is 0.562. The Kier molecular flexibility index (Phi) is 5.91. The predicted molar refractivity (Wildman–Crippen MR) is 90.8 cm³/mol. The van der Waals surface area contributed by atoms with E-state index in [4.69, 9.17) is 21.1 Å². The molecule has 2 unspecified atom stereocenters. The first-order valence-corrected chi connectivity index (χ1v) is 9.59.